The Bertz CT molecular complexity index is 910. The Morgan fingerprint density at radius 2 is 1.44 bits per heavy atom. The summed E-state index contributed by atoms with van der Waals surface area (Å²) >= 11 is 0. The number of benzene rings is 1. The minimum atomic E-state index is -3.52. The van der Waals surface area contributed by atoms with Gasteiger partial charge in [0, 0.05) is 65.3 Å². The molecule has 0 saturated carbocycles. The lowest BCUT2D eigenvalue weighted by Crippen LogP contribution is -2.58. The minimum Gasteiger partial charge on any atom is -0.338 e. The van der Waals surface area contributed by atoms with Crippen LogP contribution in [0, 0.1) is 0 Å². The Labute approximate surface area is 190 Å². The van der Waals surface area contributed by atoms with Crippen LogP contribution in [0.2, 0.25) is 0 Å². The molecule has 3 fully saturated rings. The van der Waals surface area contributed by atoms with Crippen LogP contribution in [-0.4, -0.2) is 109 Å². The quantitative estimate of drug-likeness (QED) is 0.630. The number of amides is 2. The molecule has 0 spiro atoms. The van der Waals surface area contributed by atoms with E-state index in [9.17, 15) is 18.0 Å². The number of likely N-dealkylation sites (tertiary alicyclic amines) is 1. The summed E-state index contributed by atoms with van der Waals surface area (Å²) in [6, 6.07) is 8.78. The highest BCUT2D eigenvalue weighted by molar-refractivity contribution is 7.86. The lowest BCUT2D eigenvalue weighted by molar-refractivity contribution is -0.148. The molecule has 1 unspecified atom stereocenters. The zero-order valence-electron chi connectivity index (χ0n) is 18.7. The number of carbonyl (C=O) groups is 2. The van der Waals surface area contributed by atoms with Crippen LogP contribution in [-0.2, 0) is 19.8 Å². The number of hydrogen-bond acceptors (Lipinski definition) is 5. The van der Waals surface area contributed by atoms with Crippen molar-refractivity contribution in [2.45, 2.75) is 25.3 Å². The van der Waals surface area contributed by atoms with E-state index in [0.717, 1.165) is 31.5 Å². The second-order valence-corrected chi connectivity index (χ2v) is 10.7. The molecule has 32 heavy (non-hydrogen) atoms. The van der Waals surface area contributed by atoms with Gasteiger partial charge in [0.25, 0.3) is 10.2 Å². The SMILES string of the molecule is CN1CCN(S(=O)(=O)N2CCN(C(=O)C(c3ccccc3)N3CCCCC3=O)CC2)CC1. The van der Waals surface area contributed by atoms with Gasteiger partial charge in [-0.05, 0) is 25.5 Å². The molecule has 3 heterocycles. The van der Waals surface area contributed by atoms with Crippen LogP contribution in [0.3, 0.4) is 0 Å². The van der Waals surface area contributed by atoms with Crippen molar-refractivity contribution in [1.82, 2.24) is 23.3 Å². The molecule has 1 aromatic carbocycles. The third kappa shape index (κ3) is 4.83. The van der Waals surface area contributed by atoms with Crippen LogP contribution >= 0.6 is 0 Å². The molecule has 0 aromatic heterocycles. The number of hydrogen-bond donors (Lipinski definition) is 0. The van der Waals surface area contributed by atoms with Crippen molar-refractivity contribution in [3.8, 4) is 0 Å². The predicted molar refractivity (Wildman–Crippen MR) is 121 cm³/mol. The van der Waals surface area contributed by atoms with E-state index < -0.39 is 16.3 Å². The van der Waals surface area contributed by atoms with Crippen molar-refractivity contribution in [2.75, 3.05) is 66.0 Å². The summed E-state index contributed by atoms with van der Waals surface area (Å²) in [7, 11) is -1.53. The Morgan fingerprint density at radius 1 is 0.844 bits per heavy atom. The van der Waals surface area contributed by atoms with Crippen molar-refractivity contribution >= 4 is 22.0 Å². The summed E-state index contributed by atoms with van der Waals surface area (Å²) in [5.41, 5.74) is 0.806. The third-order valence-corrected chi connectivity index (χ3v) is 8.72. The van der Waals surface area contributed by atoms with Crippen LogP contribution in [0.1, 0.15) is 30.9 Å². The number of nitrogens with zero attached hydrogens (tertiary/aromatic N) is 5. The van der Waals surface area contributed by atoms with E-state index in [2.05, 4.69) is 4.90 Å². The molecule has 9 nitrogen and oxygen atoms in total. The molecular formula is C22H33N5O4S. The Hall–Kier alpha value is -2.01. The predicted octanol–water partition coefficient (Wildman–Crippen LogP) is 0.377. The van der Waals surface area contributed by atoms with E-state index >= 15 is 0 Å². The summed E-state index contributed by atoms with van der Waals surface area (Å²) in [5.74, 6) is -0.113. The molecule has 0 N–H and O–H groups in total. The Balaban J connectivity index is 1.45. The Morgan fingerprint density at radius 3 is 2.03 bits per heavy atom. The number of rotatable bonds is 5. The zero-order valence-corrected chi connectivity index (χ0v) is 19.5. The fourth-order valence-electron chi connectivity index (χ4n) is 4.69. The first-order chi connectivity index (χ1) is 15.4. The van der Waals surface area contributed by atoms with E-state index in [0.29, 0.717) is 39.1 Å². The first-order valence-electron chi connectivity index (χ1n) is 11.4. The van der Waals surface area contributed by atoms with Crippen LogP contribution in [0.5, 0.6) is 0 Å². The summed E-state index contributed by atoms with van der Waals surface area (Å²) in [6.45, 7) is 4.21. The molecule has 0 aliphatic carbocycles. The van der Waals surface area contributed by atoms with Gasteiger partial charge >= 0.3 is 0 Å². The van der Waals surface area contributed by atoms with Gasteiger partial charge in [-0.3, -0.25) is 9.59 Å². The summed E-state index contributed by atoms with van der Waals surface area (Å²) in [6.07, 6.45) is 2.21. The van der Waals surface area contributed by atoms with E-state index in [1.54, 1.807) is 14.1 Å². The average molecular weight is 464 g/mol. The van der Waals surface area contributed by atoms with Gasteiger partial charge in [-0.15, -0.1) is 0 Å². The molecule has 3 aliphatic heterocycles. The highest BCUT2D eigenvalue weighted by atomic mass is 32.2. The largest absolute Gasteiger partial charge is 0.338 e. The number of likely N-dealkylation sites (N-methyl/N-ethyl adjacent to an activating group) is 1. The van der Waals surface area contributed by atoms with Crippen LogP contribution in [0.15, 0.2) is 30.3 Å². The van der Waals surface area contributed by atoms with Gasteiger partial charge in [-0.2, -0.15) is 17.0 Å². The molecule has 1 atom stereocenters. The average Bonchev–Trinajstić information content (AvgIpc) is 2.81. The van der Waals surface area contributed by atoms with Crippen LogP contribution in [0.4, 0.5) is 0 Å². The standard InChI is InChI=1S/C22H33N5O4S/c1-23-11-15-25(16-12-23)32(30,31)26-17-13-24(14-18-26)22(29)21(19-7-3-2-4-8-19)27-10-6-5-9-20(27)28/h2-4,7-8,21H,5-6,9-18H2,1H3. The Kier molecular flexibility index (Phi) is 7.14. The molecular weight excluding hydrogens is 430 g/mol. The smallest absolute Gasteiger partial charge is 0.282 e. The van der Waals surface area contributed by atoms with Crippen LogP contribution in [0.25, 0.3) is 0 Å². The monoisotopic (exact) mass is 463 g/mol. The van der Waals surface area contributed by atoms with Crippen LogP contribution < -0.4 is 0 Å². The molecule has 1 aromatic rings. The van der Waals surface area contributed by atoms with Crippen molar-refractivity contribution in [1.29, 1.82) is 0 Å². The highest BCUT2D eigenvalue weighted by Gasteiger charge is 2.39. The molecule has 4 rings (SSSR count). The van der Waals surface area contributed by atoms with Crippen molar-refractivity contribution in [3.05, 3.63) is 35.9 Å². The normalized spacial score (nSPS) is 23.3. The van der Waals surface area contributed by atoms with E-state index in [-0.39, 0.29) is 24.9 Å². The number of carbonyl (C=O) groups excluding carboxylic acids is 2. The summed E-state index contributed by atoms with van der Waals surface area (Å²) < 4.78 is 29.1. The number of piperidine rings is 1. The summed E-state index contributed by atoms with van der Waals surface area (Å²) in [4.78, 5) is 31.8. The summed E-state index contributed by atoms with van der Waals surface area (Å²) in [5, 5.41) is 0. The topological polar surface area (TPSA) is 84.5 Å². The van der Waals surface area contributed by atoms with Gasteiger partial charge in [-0.1, -0.05) is 30.3 Å². The molecule has 2 amide bonds. The van der Waals surface area contributed by atoms with Gasteiger partial charge in [-0.25, -0.2) is 0 Å². The zero-order chi connectivity index (χ0) is 22.7. The second kappa shape index (κ2) is 9.86. The van der Waals surface area contributed by atoms with Gasteiger partial charge < -0.3 is 14.7 Å². The van der Waals surface area contributed by atoms with Crippen molar-refractivity contribution in [3.63, 3.8) is 0 Å². The second-order valence-electron chi connectivity index (χ2n) is 8.79. The van der Waals surface area contributed by atoms with Gasteiger partial charge in [0.2, 0.25) is 11.8 Å². The maximum absolute atomic E-state index is 13.6. The first kappa shape index (κ1) is 23.2. The lowest BCUT2D eigenvalue weighted by atomic mass is 9.99. The minimum absolute atomic E-state index is 0.00901. The van der Waals surface area contributed by atoms with Gasteiger partial charge in [0.1, 0.15) is 6.04 Å². The molecule has 0 bridgehead atoms. The van der Waals surface area contributed by atoms with Gasteiger partial charge in [0.05, 0.1) is 0 Å². The maximum Gasteiger partial charge on any atom is 0.282 e. The third-order valence-electron chi connectivity index (χ3n) is 6.69. The molecule has 10 heteroatoms. The fraction of sp³-hybridized carbons (Fsp3) is 0.636. The van der Waals surface area contributed by atoms with Crippen molar-refractivity contribution in [2.24, 2.45) is 0 Å². The fourth-order valence-corrected chi connectivity index (χ4v) is 6.26. The van der Waals surface area contributed by atoms with E-state index in [1.165, 1.54) is 4.31 Å². The first-order valence-corrected chi connectivity index (χ1v) is 12.8. The molecule has 3 saturated heterocycles. The highest BCUT2D eigenvalue weighted by Crippen LogP contribution is 2.28. The van der Waals surface area contributed by atoms with E-state index in [4.69, 9.17) is 0 Å². The molecule has 176 valence electrons. The van der Waals surface area contributed by atoms with Crippen molar-refractivity contribution < 1.29 is 18.0 Å². The number of piperazine rings is 2. The maximum atomic E-state index is 13.6. The van der Waals surface area contributed by atoms with Gasteiger partial charge in [0.15, 0.2) is 0 Å². The molecule has 0 radical (unpaired) electrons. The lowest BCUT2D eigenvalue weighted by Gasteiger charge is -2.41. The van der Waals surface area contributed by atoms with E-state index in [1.807, 2.05) is 37.4 Å². The molecule has 3 aliphatic rings.